The highest BCUT2D eigenvalue weighted by atomic mass is 35.5. The molecule has 0 unspecified atom stereocenters. The lowest BCUT2D eigenvalue weighted by atomic mass is 10.2. The number of halogens is 1. The molecule has 144 valence electrons. The zero-order valence-corrected chi connectivity index (χ0v) is 16.2. The lowest BCUT2D eigenvalue weighted by molar-refractivity contribution is 0.244. The van der Waals surface area contributed by atoms with Gasteiger partial charge >= 0.3 is 6.03 Å². The van der Waals surface area contributed by atoms with Crippen LogP contribution in [0.25, 0.3) is 0 Å². The van der Waals surface area contributed by atoms with Crippen molar-refractivity contribution in [3.8, 4) is 0 Å². The summed E-state index contributed by atoms with van der Waals surface area (Å²) in [6.07, 6.45) is 4.45. The first-order valence-electron chi connectivity index (χ1n) is 9.18. The van der Waals surface area contributed by atoms with Crippen LogP contribution in [0, 0.1) is 6.92 Å². The molecule has 0 spiro atoms. The van der Waals surface area contributed by atoms with Gasteiger partial charge in [0.2, 0.25) is 5.95 Å². The van der Waals surface area contributed by atoms with Gasteiger partial charge in [-0.05, 0) is 43.7 Å². The van der Waals surface area contributed by atoms with Gasteiger partial charge in [-0.25, -0.2) is 14.8 Å². The van der Waals surface area contributed by atoms with Crippen molar-refractivity contribution in [1.29, 1.82) is 0 Å². The highest BCUT2D eigenvalue weighted by Gasteiger charge is 2.18. The van der Waals surface area contributed by atoms with Gasteiger partial charge in [-0.3, -0.25) is 4.90 Å². The minimum Gasteiger partial charge on any atom is -0.338 e. The van der Waals surface area contributed by atoms with Gasteiger partial charge in [0, 0.05) is 55.8 Å². The Hall–Kier alpha value is -2.38. The molecule has 2 N–H and O–H groups in total. The number of amides is 2. The fourth-order valence-electron chi connectivity index (χ4n) is 3.04. The second-order valence-electron chi connectivity index (χ2n) is 6.52. The summed E-state index contributed by atoms with van der Waals surface area (Å²) in [6.45, 7) is 7.28. The molecule has 1 aromatic heterocycles. The summed E-state index contributed by atoms with van der Waals surface area (Å²) in [5, 5.41) is 6.39. The molecule has 2 amide bonds. The van der Waals surface area contributed by atoms with Gasteiger partial charge in [-0.2, -0.15) is 0 Å². The monoisotopic (exact) mass is 388 g/mol. The number of carbonyl (C=O) groups is 1. The van der Waals surface area contributed by atoms with Crippen LogP contribution in [-0.4, -0.2) is 60.2 Å². The first kappa shape index (κ1) is 19.4. The lowest BCUT2D eigenvalue weighted by Crippen LogP contribution is -2.47. The normalized spacial score (nSPS) is 14.8. The zero-order chi connectivity index (χ0) is 19.1. The van der Waals surface area contributed by atoms with E-state index in [1.807, 2.05) is 31.2 Å². The van der Waals surface area contributed by atoms with Crippen molar-refractivity contribution in [3.05, 3.63) is 47.2 Å². The van der Waals surface area contributed by atoms with Crippen LogP contribution in [0.2, 0.25) is 5.02 Å². The number of carbonyl (C=O) groups excluding carboxylic acids is 1. The van der Waals surface area contributed by atoms with Crippen LogP contribution in [-0.2, 0) is 0 Å². The third-order valence-corrected chi connectivity index (χ3v) is 5.07. The van der Waals surface area contributed by atoms with Crippen molar-refractivity contribution in [1.82, 2.24) is 20.2 Å². The predicted molar refractivity (Wildman–Crippen MR) is 109 cm³/mol. The predicted octanol–water partition coefficient (Wildman–Crippen LogP) is 2.77. The van der Waals surface area contributed by atoms with Crippen molar-refractivity contribution >= 4 is 29.3 Å². The quantitative estimate of drug-likeness (QED) is 0.744. The van der Waals surface area contributed by atoms with Crippen LogP contribution < -0.4 is 15.5 Å². The molecule has 2 heterocycles. The molecule has 8 heteroatoms. The third-order valence-electron chi connectivity index (χ3n) is 4.66. The van der Waals surface area contributed by atoms with Crippen LogP contribution in [0.4, 0.5) is 16.4 Å². The van der Waals surface area contributed by atoms with Crippen LogP contribution >= 0.6 is 11.6 Å². The van der Waals surface area contributed by atoms with Crippen LogP contribution in [0.5, 0.6) is 0 Å². The second-order valence-corrected chi connectivity index (χ2v) is 6.93. The summed E-state index contributed by atoms with van der Waals surface area (Å²) < 4.78 is 0. The van der Waals surface area contributed by atoms with E-state index in [1.54, 1.807) is 12.4 Å². The zero-order valence-electron chi connectivity index (χ0n) is 15.5. The van der Waals surface area contributed by atoms with Gasteiger partial charge in [-0.15, -0.1) is 0 Å². The molecule has 1 aliphatic rings. The summed E-state index contributed by atoms with van der Waals surface area (Å²) in [4.78, 5) is 25.2. The Balaban J connectivity index is 1.33. The molecule has 0 saturated carbocycles. The van der Waals surface area contributed by atoms with E-state index in [-0.39, 0.29) is 6.03 Å². The average Bonchev–Trinajstić information content (AvgIpc) is 2.70. The van der Waals surface area contributed by atoms with Gasteiger partial charge in [0.1, 0.15) is 0 Å². The highest BCUT2D eigenvalue weighted by Crippen LogP contribution is 2.22. The Kier molecular flexibility index (Phi) is 6.84. The van der Waals surface area contributed by atoms with Crippen molar-refractivity contribution in [2.75, 3.05) is 49.5 Å². The molecule has 1 aromatic carbocycles. The van der Waals surface area contributed by atoms with E-state index >= 15 is 0 Å². The molecule has 0 radical (unpaired) electrons. The number of nitrogens with zero attached hydrogens (tertiary/aromatic N) is 4. The van der Waals surface area contributed by atoms with E-state index in [0.29, 0.717) is 11.6 Å². The number of hydrogen-bond acceptors (Lipinski definition) is 5. The van der Waals surface area contributed by atoms with E-state index in [4.69, 9.17) is 11.6 Å². The maximum Gasteiger partial charge on any atom is 0.319 e. The molecule has 3 rings (SSSR count). The number of piperazine rings is 1. The molecule has 1 fully saturated rings. The van der Waals surface area contributed by atoms with E-state index < -0.39 is 0 Å². The average molecular weight is 389 g/mol. The minimum absolute atomic E-state index is 0.202. The summed E-state index contributed by atoms with van der Waals surface area (Å²) in [6, 6.07) is 7.11. The largest absolute Gasteiger partial charge is 0.338 e. The number of anilines is 2. The molecule has 2 aromatic rings. The van der Waals surface area contributed by atoms with E-state index in [1.165, 1.54) is 0 Å². The number of urea groups is 1. The van der Waals surface area contributed by atoms with Crippen molar-refractivity contribution in [3.63, 3.8) is 0 Å². The molecule has 0 aliphatic carbocycles. The van der Waals surface area contributed by atoms with Crippen molar-refractivity contribution in [2.24, 2.45) is 0 Å². The fourth-order valence-corrected chi connectivity index (χ4v) is 3.21. The number of hydrogen-bond donors (Lipinski definition) is 2. The van der Waals surface area contributed by atoms with E-state index in [0.717, 1.165) is 56.3 Å². The summed E-state index contributed by atoms with van der Waals surface area (Å²) in [5.41, 5.74) is 1.61. The standard InChI is InChI=1S/C19H25ClN6O/c1-15-16(20)5-2-6-17(15)24-19(27)23-9-4-10-25-11-13-26(14-12-25)18-21-7-3-8-22-18/h2-3,5-8H,4,9-14H2,1H3,(H2,23,24,27). The van der Waals surface area contributed by atoms with Crippen LogP contribution in [0.15, 0.2) is 36.7 Å². The van der Waals surface area contributed by atoms with Gasteiger partial charge in [0.05, 0.1) is 0 Å². The smallest absolute Gasteiger partial charge is 0.319 e. The fraction of sp³-hybridized carbons (Fsp3) is 0.421. The molecule has 1 aliphatic heterocycles. The second kappa shape index (κ2) is 9.53. The number of rotatable bonds is 6. The minimum atomic E-state index is -0.202. The Morgan fingerprint density at radius 2 is 1.89 bits per heavy atom. The number of nitrogens with one attached hydrogen (secondary N) is 2. The molecule has 1 saturated heterocycles. The van der Waals surface area contributed by atoms with Crippen molar-refractivity contribution < 1.29 is 4.79 Å². The SMILES string of the molecule is Cc1c(Cl)cccc1NC(=O)NCCCN1CCN(c2ncccn2)CC1. The van der Waals surface area contributed by atoms with Gasteiger partial charge in [0.25, 0.3) is 0 Å². The molecule has 7 nitrogen and oxygen atoms in total. The third kappa shape index (κ3) is 5.55. The van der Waals surface area contributed by atoms with Gasteiger partial charge < -0.3 is 15.5 Å². The maximum atomic E-state index is 12.0. The Morgan fingerprint density at radius 3 is 2.63 bits per heavy atom. The molecular weight excluding hydrogens is 364 g/mol. The molecular formula is C19H25ClN6O. The van der Waals surface area contributed by atoms with Crippen LogP contribution in [0.3, 0.4) is 0 Å². The van der Waals surface area contributed by atoms with Crippen LogP contribution in [0.1, 0.15) is 12.0 Å². The first-order valence-corrected chi connectivity index (χ1v) is 9.55. The Labute approximate surface area is 164 Å². The van der Waals surface area contributed by atoms with Gasteiger partial charge in [-0.1, -0.05) is 17.7 Å². The highest BCUT2D eigenvalue weighted by molar-refractivity contribution is 6.31. The van der Waals surface area contributed by atoms with E-state index in [9.17, 15) is 4.79 Å². The Bertz CT molecular complexity index is 749. The summed E-state index contributed by atoms with van der Waals surface area (Å²) in [5.74, 6) is 0.798. The van der Waals surface area contributed by atoms with Gasteiger partial charge in [0.15, 0.2) is 0 Å². The lowest BCUT2D eigenvalue weighted by Gasteiger charge is -2.34. The molecule has 27 heavy (non-hydrogen) atoms. The van der Waals surface area contributed by atoms with Crippen molar-refractivity contribution in [2.45, 2.75) is 13.3 Å². The van der Waals surface area contributed by atoms with E-state index in [2.05, 4.69) is 30.4 Å². The number of aromatic nitrogens is 2. The molecule has 0 bridgehead atoms. The first-order chi connectivity index (χ1) is 13.1. The maximum absolute atomic E-state index is 12.0. The number of benzene rings is 1. The summed E-state index contributed by atoms with van der Waals surface area (Å²) >= 11 is 6.07. The molecule has 0 atom stereocenters. The Morgan fingerprint density at radius 1 is 1.15 bits per heavy atom. The summed E-state index contributed by atoms with van der Waals surface area (Å²) in [7, 11) is 0. The topological polar surface area (TPSA) is 73.4 Å².